The van der Waals surface area contributed by atoms with Crippen molar-refractivity contribution >= 4 is 6.16 Å². The van der Waals surface area contributed by atoms with Crippen molar-refractivity contribution in [2.75, 3.05) is 6.54 Å². The van der Waals surface area contributed by atoms with E-state index in [-0.39, 0.29) is 11.6 Å². The fraction of sp³-hybridized carbons (Fsp3) is 0.588. The predicted octanol–water partition coefficient (Wildman–Crippen LogP) is 2.82. The monoisotopic (exact) mass is 343 g/mol. The average molecular weight is 343 g/mol. The van der Waals surface area contributed by atoms with Gasteiger partial charge in [-0.3, -0.25) is 0 Å². The van der Waals surface area contributed by atoms with E-state index < -0.39 is 30.4 Å². The fourth-order valence-corrected chi connectivity index (χ4v) is 2.52. The Morgan fingerprint density at radius 2 is 1.96 bits per heavy atom. The number of hydrogen-bond acceptors (Lipinski definition) is 5. The highest BCUT2D eigenvalue weighted by Gasteiger charge is 2.37. The first-order valence-electron chi connectivity index (χ1n) is 7.84. The first-order chi connectivity index (χ1) is 11.2. The summed E-state index contributed by atoms with van der Waals surface area (Å²) in [7, 11) is 0. The second-order valence-corrected chi connectivity index (χ2v) is 6.87. The first kappa shape index (κ1) is 18.6. The second kappa shape index (κ2) is 7.44. The molecular weight excluding hydrogens is 320 g/mol. The number of halogens is 2. The lowest BCUT2D eigenvalue weighted by Crippen LogP contribution is -2.37. The topological polar surface area (TPSA) is 67.8 Å². The molecule has 1 aromatic carbocycles. The van der Waals surface area contributed by atoms with Crippen molar-refractivity contribution in [1.29, 1.82) is 0 Å². The molecule has 24 heavy (non-hydrogen) atoms. The van der Waals surface area contributed by atoms with Gasteiger partial charge < -0.3 is 19.9 Å². The number of nitrogens with one attached hydrogen (secondary N) is 1. The number of ether oxygens (including phenoxy) is 2. The molecule has 1 aliphatic rings. The molecule has 0 spiro atoms. The van der Waals surface area contributed by atoms with Gasteiger partial charge in [0.15, 0.2) is 0 Å². The first-order valence-corrected chi connectivity index (χ1v) is 7.84. The Kier molecular flexibility index (Phi) is 5.77. The van der Waals surface area contributed by atoms with Crippen molar-refractivity contribution in [2.45, 2.75) is 57.5 Å². The zero-order valence-electron chi connectivity index (χ0n) is 14.0. The molecule has 0 aliphatic carbocycles. The molecule has 2 N–H and O–H groups in total. The normalized spacial score (nSPS) is 24.2. The third kappa shape index (κ3) is 5.14. The maximum Gasteiger partial charge on any atom is 0.509 e. The lowest BCUT2D eigenvalue weighted by molar-refractivity contribution is -0.0486. The van der Waals surface area contributed by atoms with E-state index >= 15 is 0 Å². The Labute approximate surface area is 140 Å². The van der Waals surface area contributed by atoms with E-state index in [2.05, 4.69) is 5.32 Å². The van der Waals surface area contributed by atoms with Crippen LogP contribution in [0.3, 0.4) is 0 Å². The Morgan fingerprint density at radius 1 is 1.33 bits per heavy atom. The summed E-state index contributed by atoms with van der Waals surface area (Å²) in [4.78, 5) is 11.7. The molecule has 1 heterocycles. The quantitative estimate of drug-likeness (QED) is 0.823. The highest BCUT2D eigenvalue weighted by molar-refractivity contribution is 5.60. The third-order valence-electron chi connectivity index (χ3n) is 3.70. The zero-order valence-corrected chi connectivity index (χ0v) is 14.0. The van der Waals surface area contributed by atoms with Gasteiger partial charge in [-0.15, -0.1) is 0 Å². The minimum absolute atomic E-state index is 0.0372. The van der Waals surface area contributed by atoms with E-state index in [9.17, 15) is 18.7 Å². The smallest absolute Gasteiger partial charge is 0.429 e. The van der Waals surface area contributed by atoms with Gasteiger partial charge in [-0.2, -0.15) is 0 Å². The number of rotatable bonds is 4. The average Bonchev–Trinajstić information content (AvgIpc) is 2.79. The number of benzene rings is 1. The number of carbonyl (C=O) groups is 1. The van der Waals surface area contributed by atoms with E-state index in [0.29, 0.717) is 13.0 Å². The van der Waals surface area contributed by atoms with Crippen LogP contribution in [0.2, 0.25) is 0 Å². The molecule has 134 valence electrons. The largest absolute Gasteiger partial charge is 0.509 e. The SMILES string of the molecule is CC(C)(C)OC(=O)O[C@H]1CN[C@H](Cc2ccc(C(F)F)cc2)[C@@H]1O. The molecule has 1 aliphatic heterocycles. The Bertz CT molecular complexity index is 557. The molecule has 0 amide bonds. The lowest BCUT2D eigenvalue weighted by atomic mass is 10.0. The van der Waals surface area contributed by atoms with Crippen LogP contribution in [0, 0.1) is 0 Å². The highest BCUT2D eigenvalue weighted by Crippen LogP contribution is 2.21. The molecule has 0 saturated carbocycles. The van der Waals surface area contributed by atoms with Gasteiger partial charge in [0.1, 0.15) is 17.8 Å². The summed E-state index contributed by atoms with van der Waals surface area (Å²) >= 11 is 0. The van der Waals surface area contributed by atoms with Crippen molar-refractivity contribution in [3.63, 3.8) is 0 Å². The van der Waals surface area contributed by atoms with E-state index in [1.54, 1.807) is 32.9 Å². The fourth-order valence-electron chi connectivity index (χ4n) is 2.52. The van der Waals surface area contributed by atoms with Crippen LogP contribution < -0.4 is 5.32 Å². The van der Waals surface area contributed by atoms with E-state index in [1.807, 2.05) is 0 Å². The summed E-state index contributed by atoms with van der Waals surface area (Å²) in [5, 5.41) is 13.4. The molecule has 3 atom stereocenters. The minimum atomic E-state index is -2.50. The molecule has 0 radical (unpaired) electrons. The molecular formula is C17H23F2NO4. The summed E-state index contributed by atoms with van der Waals surface area (Å²) in [5.41, 5.74) is 0.110. The second-order valence-electron chi connectivity index (χ2n) is 6.87. The molecule has 2 rings (SSSR count). The van der Waals surface area contributed by atoms with Gasteiger partial charge in [-0.05, 0) is 32.8 Å². The number of aliphatic hydroxyl groups excluding tert-OH is 1. The predicted molar refractivity (Wildman–Crippen MR) is 84.0 cm³/mol. The van der Waals surface area contributed by atoms with Crippen LogP contribution in [-0.2, 0) is 15.9 Å². The van der Waals surface area contributed by atoms with Crippen LogP contribution in [-0.4, -0.2) is 41.7 Å². The molecule has 1 saturated heterocycles. The maximum absolute atomic E-state index is 12.5. The number of carbonyl (C=O) groups excluding carboxylic acids is 1. The zero-order chi connectivity index (χ0) is 17.9. The van der Waals surface area contributed by atoms with Crippen molar-refractivity contribution < 1.29 is 28.2 Å². The molecule has 0 aromatic heterocycles. The van der Waals surface area contributed by atoms with Gasteiger partial charge in [0.05, 0.1) is 0 Å². The maximum atomic E-state index is 12.5. The van der Waals surface area contributed by atoms with E-state index in [4.69, 9.17) is 9.47 Å². The molecule has 0 unspecified atom stereocenters. The number of aliphatic hydroxyl groups is 1. The molecule has 1 aromatic rings. The molecule has 7 heteroatoms. The molecule has 1 fully saturated rings. The van der Waals surface area contributed by atoms with Crippen LogP contribution in [0.15, 0.2) is 24.3 Å². The van der Waals surface area contributed by atoms with Crippen LogP contribution in [0.5, 0.6) is 0 Å². The van der Waals surface area contributed by atoms with Crippen LogP contribution >= 0.6 is 0 Å². The molecule has 0 bridgehead atoms. The van der Waals surface area contributed by atoms with Gasteiger partial charge in [0.25, 0.3) is 6.43 Å². The number of hydrogen-bond donors (Lipinski definition) is 2. The van der Waals surface area contributed by atoms with Gasteiger partial charge in [0.2, 0.25) is 0 Å². The summed E-state index contributed by atoms with van der Waals surface area (Å²) in [6.07, 6.45) is -4.48. The van der Waals surface area contributed by atoms with Crippen LogP contribution in [0.25, 0.3) is 0 Å². The third-order valence-corrected chi connectivity index (χ3v) is 3.70. The van der Waals surface area contributed by atoms with Crippen molar-refractivity contribution in [3.8, 4) is 0 Å². The Morgan fingerprint density at radius 3 is 2.50 bits per heavy atom. The Hall–Kier alpha value is -1.73. The standard InChI is InChI=1S/C17H23F2NO4/c1-17(2,3)24-16(22)23-13-9-20-12(14(13)21)8-10-4-6-11(7-5-10)15(18)19/h4-7,12-15,20-21H,8-9H2,1-3H3/t12-,13+,14+/m1/s1. The van der Waals surface area contributed by atoms with Gasteiger partial charge >= 0.3 is 6.16 Å². The minimum Gasteiger partial charge on any atom is -0.429 e. The lowest BCUT2D eigenvalue weighted by Gasteiger charge is -2.22. The molecule has 5 nitrogen and oxygen atoms in total. The van der Waals surface area contributed by atoms with Crippen molar-refractivity contribution in [1.82, 2.24) is 5.32 Å². The van der Waals surface area contributed by atoms with Crippen molar-refractivity contribution in [3.05, 3.63) is 35.4 Å². The summed E-state index contributed by atoms with van der Waals surface area (Å²) < 4.78 is 35.3. The number of alkyl halides is 2. The van der Waals surface area contributed by atoms with E-state index in [0.717, 1.165) is 5.56 Å². The highest BCUT2D eigenvalue weighted by atomic mass is 19.3. The Balaban J connectivity index is 1.89. The van der Waals surface area contributed by atoms with E-state index in [1.165, 1.54) is 12.1 Å². The summed E-state index contributed by atoms with van der Waals surface area (Å²) in [6.45, 7) is 5.48. The van der Waals surface area contributed by atoms with Gasteiger partial charge in [0, 0.05) is 18.2 Å². The summed E-state index contributed by atoms with van der Waals surface area (Å²) in [6, 6.07) is 5.64. The van der Waals surface area contributed by atoms with Gasteiger partial charge in [-0.1, -0.05) is 24.3 Å². The van der Waals surface area contributed by atoms with Crippen molar-refractivity contribution in [2.24, 2.45) is 0 Å². The summed E-state index contributed by atoms with van der Waals surface area (Å²) in [5.74, 6) is 0. The van der Waals surface area contributed by atoms with Gasteiger partial charge in [-0.25, -0.2) is 13.6 Å². The van der Waals surface area contributed by atoms with Crippen LogP contribution in [0.4, 0.5) is 13.6 Å². The van der Waals surface area contributed by atoms with Crippen LogP contribution in [0.1, 0.15) is 38.3 Å².